The molecule has 0 saturated carbocycles. The number of anilines is 1. The molecule has 1 aliphatic heterocycles. The summed E-state index contributed by atoms with van der Waals surface area (Å²) in [5.41, 5.74) is 4.06. The van der Waals surface area contributed by atoms with Gasteiger partial charge in [0.05, 0.1) is 12.1 Å². The van der Waals surface area contributed by atoms with E-state index in [0.717, 1.165) is 15.5 Å². The van der Waals surface area contributed by atoms with Gasteiger partial charge < -0.3 is 4.74 Å². The van der Waals surface area contributed by atoms with E-state index in [0.29, 0.717) is 16.5 Å². The Morgan fingerprint density at radius 3 is 2.43 bits per heavy atom. The number of aryl methyl sites for hydroxylation is 1. The number of carbonyl (C=O) groups is 4. The number of ether oxygens (including phenoxy) is 1. The topological polar surface area (TPSA) is 96.0 Å². The highest BCUT2D eigenvalue weighted by Crippen LogP contribution is 2.26. The predicted octanol–water partition coefficient (Wildman–Crippen LogP) is 3.53. The van der Waals surface area contributed by atoms with Gasteiger partial charge in [-0.05, 0) is 61.0 Å². The van der Waals surface area contributed by atoms with Crippen LogP contribution in [0, 0.1) is 6.92 Å². The number of carbonyl (C=O) groups excluding carboxylic acids is 4. The lowest BCUT2D eigenvalue weighted by atomic mass is 10.2. The molecule has 1 aliphatic rings. The van der Waals surface area contributed by atoms with Crippen LogP contribution in [0.2, 0.25) is 5.02 Å². The number of benzene rings is 3. The second-order valence-electron chi connectivity index (χ2n) is 7.94. The van der Waals surface area contributed by atoms with Crippen molar-refractivity contribution in [3.63, 3.8) is 0 Å². The van der Waals surface area contributed by atoms with E-state index in [1.165, 1.54) is 0 Å². The van der Waals surface area contributed by atoms with Crippen LogP contribution in [0.5, 0.6) is 5.75 Å². The molecule has 3 aromatic carbocycles. The average Bonchev–Trinajstić information content (AvgIpc) is 3.15. The summed E-state index contributed by atoms with van der Waals surface area (Å²) in [4.78, 5) is 53.2. The van der Waals surface area contributed by atoms with Gasteiger partial charge in [0.25, 0.3) is 17.7 Å². The van der Waals surface area contributed by atoms with Crippen molar-refractivity contribution in [3.05, 3.63) is 95.0 Å². The molecule has 1 unspecified atom stereocenters. The molecule has 35 heavy (non-hydrogen) atoms. The first kappa shape index (κ1) is 24.0. The molecule has 4 rings (SSSR count). The van der Waals surface area contributed by atoms with Crippen LogP contribution < -0.4 is 15.1 Å². The summed E-state index contributed by atoms with van der Waals surface area (Å²) in [6.07, 6.45) is -0.283. The zero-order valence-electron chi connectivity index (χ0n) is 18.8. The number of amides is 4. The van der Waals surface area contributed by atoms with E-state index in [-0.39, 0.29) is 12.0 Å². The standard InChI is InChI=1S/C26H22ClN3O5/c1-17-6-5-9-20(14-17)29-23(31)15-22(26(29)34)30(28-25(33)18-7-3-2-4-8-18)24(32)16-35-21-12-10-19(27)11-13-21/h2-14,22H,15-16H2,1H3,(H,28,33). The summed E-state index contributed by atoms with van der Waals surface area (Å²) in [7, 11) is 0. The molecule has 0 bridgehead atoms. The number of halogens is 1. The third-order valence-corrected chi connectivity index (χ3v) is 5.65. The zero-order valence-corrected chi connectivity index (χ0v) is 19.6. The Balaban J connectivity index is 1.58. The number of hydrogen-bond acceptors (Lipinski definition) is 5. The molecule has 9 heteroatoms. The van der Waals surface area contributed by atoms with Gasteiger partial charge in [-0.3, -0.25) is 24.6 Å². The molecule has 0 aromatic heterocycles. The van der Waals surface area contributed by atoms with Gasteiger partial charge in [-0.2, -0.15) is 0 Å². The van der Waals surface area contributed by atoms with Crippen molar-refractivity contribution in [2.45, 2.75) is 19.4 Å². The van der Waals surface area contributed by atoms with Crippen LogP contribution in [0.4, 0.5) is 5.69 Å². The van der Waals surface area contributed by atoms with Gasteiger partial charge >= 0.3 is 0 Å². The molecule has 8 nitrogen and oxygen atoms in total. The molecule has 1 N–H and O–H groups in total. The quantitative estimate of drug-likeness (QED) is 0.420. The molecule has 0 radical (unpaired) electrons. The molecule has 1 fully saturated rings. The Hall–Kier alpha value is -4.17. The van der Waals surface area contributed by atoms with Crippen molar-refractivity contribution < 1.29 is 23.9 Å². The van der Waals surface area contributed by atoms with Gasteiger partial charge in [-0.25, -0.2) is 9.91 Å². The Kier molecular flexibility index (Phi) is 7.12. The third kappa shape index (κ3) is 5.50. The number of hydrogen-bond donors (Lipinski definition) is 1. The maximum absolute atomic E-state index is 13.3. The van der Waals surface area contributed by atoms with Gasteiger partial charge in [0, 0.05) is 10.6 Å². The lowest BCUT2D eigenvalue weighted by Crippen LogP contribution is -2.56. The average molecular weight is 492 g/mol. The van der Waals surface area contributed by atoms with Crippen LogP contribution in [0.3, 0.4) is 0 Å². The van der Waals surface area contributed by atoms with E-state index in [1.807, 2.05) is 13.0 Å². The van der Waals surface area contributed by atoms with Crippen LogP contribution in [0.25, 0.3) is 0 Å². The Morgan fingerprint density at radius 1 is 1.03 bits per heavy atom. The number of nitrogens with zero attached hydrogens (tertiary/aromatic N) is 2. The number of rotatable bonds is 6. The molecule has 0 spiro atoms. The molecule has 1 saturated heterocycles. The van der Waals surface area contributed by atoms with Gasteiger partial charge in [0.15, 0.2) is 6.61 Å². The number of nitrogens with one attached hydrogen (secondary N) is 1. The van der Waals surface area contributed by atoms with Crippen LogP contribution in [0.15, 0.2) is 78.9 Å². The van der Waals surface area contributed by atoms with E-state index in [1.54, 1.807) is 72.8 Å². The highest BCUT2D eigenvalue weighted by Gasteiger charge is 2.45. The fraction of sp³-hybridized carbons (Fsp3) is 0.154. The normalized spacial score (nSPS) is 15.1. The van der Waals surface area contributed by atoms with Crippen LogP contribution in [0.1, 0.15) is 22.3 Å². The molecule has 178 valence electrons. The van der Waals surface area contributed by atoms with Gasteiger partial charge in [0.2, 0.25) is 5.91 Å². The van der Waals surface area contributed by atoms with Gasteiger partial charge in [-0.15, -0.1) is 0 Å². The van der Waals surface area contributed by atoms with Crippen molar-refractivity contribution in [2.75, 3.05) is 11.5 Å². The molecule has 1 atom stereocenters. The smallest absolute Gasteiger partial charge is 0.279 e. The first-order valence-electron chi connectivity index (χ1n) is 10.8. The minimum absolute atomic E-state index is 0.283. The first-order chi connectivity index (χ1) is 16.8. The van der Waals surface area contributed by atoms with Crippen molar-refractivity contribution in [3.8, 4) is 5.75 Å². The molecule has 4 amide bonds. The number of imide groups is 1. The maximum atomic E-state index is 13.3. The highest BCUT2D eigenvalue weighted by atomic mass is 35.5. The highest BCUT2D eigenvalue weighted by molar-refractivity contribution is 6.30. The molecule has 0 aliphatic carbocycles. The summed E-state index contributed by atoms with van der Waals surface area (Å²) in [6.45, 7) is 1.37. The summed E-state index contributed by atoms with van der Waals surface area (Å²) in [5.74, 6) is -2.00. The lowest BCUT2D eigenvalue weighted by Gasteiger charge is -2.28. The third-order valence-electron chi connectivity index (χ3n) is 5.40. The van der Waals surface area contributed by atoms with E-state index in [2.05, 4.69) is 5.43 Å². The Morgan fingerprint density at radius 2 is 1.74 bits per heavy atom. The summed E-state index contributed by atoms with van der Waals surface area (Å²) < 4.78 is 5.53. The summed E-state index contributed by atoms with van der Waals surface area (Å²) in [5, 5.41) is 1.40. The van der Waals surface area contributed by atoms with Crippen LogP contribution in [-0.2, 0) is 14.4 Å². The zero-order chi connectivity index (χ0) is 24.9. The fourth-order valence-corrected chi connectivity index (χ4v) is 3.80. The summed E-state index contributed by atoms with van der Waals surface area (Å²) in [6, 6.07) is 20.3. The minimum atomic E-state index is -1.23. The first-order valence-corrected chi connectivity index (χ1v) is 11.2. The fourth-order valence-electron chi connectivity index (χ4n) is 3.68. The van der Waals surface area contributed by atoms with E-state index in [4.69, 9.17) is 16.3 Å². The SMILES string of the molecule is Cc1cccc(N2C(=O)CC(N(NC(=O)c3ccccc3)C(=O)COc3ccc(Cl)cc3)C2=O)c1. The van der Waals surface area contributed by atoms with Crippen molar-refractivity contribution in [1.82, 2.24) is 10.4 Å². The molecule has 1 heterocycles. The monoisotopic (exact) mass is 491 g/mol. The van der Waals surface area contributed by atoms with Crippen molar-refractivity contribution in [1.29, 1.82) is 0 Å². The predicted molar refractivity (Wildman–Crippen MR) is 130 cm³/mol. The van der Waals surface area contributed by atoms with Crippen LogP contribution in [-0.4, -0.2) is 41.3 Å². The van der Waals surface area contributed by atoms with Crippen LogP contribution >= 0.6 is 11.6 Å². The summed E-state index contributed by atoms with van der Waals surface area (Å²) >= 11 is 5.88. The van der Waals surface area contributed by atoms with Crippen molar-refractivity contribution in [2.24, 2.45) is 0 Å². The Labute approximate surface area is 207 Å². The van der Waals surface area contributed by atoms with Gasteiger partial charge in [-0.1, -0.05) is 41.9 Å². The van der Waals surface area contributed by atoms with E-state index in [9.17, 15) is 19.2 Å². The van der Waals surface area contributed by atoms with E-state index >= 15 is 0 Å². The van der Waals surface area contributed by atoms with Crippen molar-refractivity contribution >= 4 is 40.9 Å². The molecule has 3 aromatic rings. The maximum Gasteiger partial charge on any atom is 0.279 e. The minimum Gasteiger partial charge on any atom is -0.484 e. The second kappa shape index (κ2) is 10.4. The lowest BCUT2D eigenvalue weighted by molar-refractivity contribution is -0.142. The molecular formula is C26H22ClN3O5. The Bertz CT molecular complexity index is 1260. The second-order valence-corrected chi connectivity index (χ2v) is 8.38. The largest absolute Gasteiger partial charge is 0.484 e. The van der Waals surface area contributed by atoms with E-state index < -0.39 is 36.3 Å². The number of hydrazine groups is 1. The van der Waals surface area contributed by atoms with Gasteiger partial charge in [0.1, 0.15) is 11.8 Å². The molecular weight excluding hydrogens is 470 g/mol.